The number of nitriles is 1. The molecule has 0 radical (unpaired) electrons. The van der Waals surface area contributed by atoms with Gasteiger partial charge in [0.05, 0.1) is 17.4 Å². The molecule has 62 heavy (non-hydrogen) atoms. The highest BCUT2D eigenvalue weighted by atomic mass is 32.1. The normalized spacial score (nSPS) is 20.3. The summed E-state index contributed by atoms with van der Waals surface area (Å²) in [6, 6.07) is 17.3. The Hall–Kier alpha value is -6.26. The number of carbonyl (C=O) groups is 1. The number of fused-ring (bicyclic) bond motifs is 3. The molecule has 2 aliphatic heterocycles. The Morgan fingerprint density at radius 2 is 1.74 bits per heavy atom. The molecule has 0 bridgehead atoms. The molecular weight excluding hydrogens is 816 g/mol. The average molecular weight is 860 g/mol. The molecule has 1 atom stereocenters. The third-order valence-electron chi connectivity index (χ3n) is 12.4. The lowest BCUT2D eigenvalue weighted by Gasteiger charge is -2.58. The van der Waals surface area contributed by atoms with Gasteiger partial charge in [-0.25, -0.2) is 0 Å². The van der Waals surface area contributed by atoms with Crippen LogP contribution < -0.4 is 19.7 Å². The number of hydrogen-bond acceptors (Lipinski definition) is 11. The van der Waals surface area contributed by atoms with Crippen LogP contribution in [0.5, 0.6) is 11.5 Å². The third kappa shape index (κ3) is 8.11. The largest absolute Gasteiger partial charge is 0.573 e. The highest BCUT2D eigenvalue weighted by Crippen LogP contribution is 2.52. The first-order chi connectivity index (χ1) is 29.8. The first kappa shape index (κ1) is 41.1. The summed E-state index contributed by atoms with van der Waals surface area (Å²) in [5.74, 6) is 9.06. The van der Waals surface area contributed by atoms with Gasteiger partial charge in [-0.1, -0.05) is 30.9 Å². The highest BCUT2D eigenvalue weighted by Gasteiger charge is 2.52. The maximum atomic E-state index is 13.0. The van der Waals surface area contributed by atoms with E-state index in [1.165, 1.54) is 22.6 Å². The van der Waals surface area contributed by atoms with Crippen molar-refractivity contribution in [2.75, 3.05) is 18.0 Å². The fraction of sp³-hybridized carbons (Fsp3) is 0.413. The van der Waals surface area contributed by atoms with Gasteiger partial charge < -0.3 is 19.7 Å². The molecule has 1 saturated heterocycles. The zero-order chi connectivity index (χ0) is 43.3. The van der Waals surface area contributed by atoms with Crippen molar-refractivity contribution in [1.29, 1.82) is 5.26 Å². The van der Waals surface area contributed by atoms with E-state index in [0.717, 1.165) is 83.3 Å². The second-order valence-electron chi connectivity index (χ2n) is 16.8. The minimum atomic E-state index is -4.93. The minimum Gasteiger partial charge on any atom is -0.490 e. The highest BCUT2D eigenvalue weighted by molar-refractivity contribution is 7.15. The number of carbonyl (C=O) groups excluding carboxylic acids is 1. The SMILES string of the molecule is CC[C@@H]1N=C(c2ccc(C#CC3CC4(C3)CN(c3ccc(C(=O)NC5CCC(Oc6ccc(C#N)c(OC(F)(F)F)c6)CC5)nn3)C4)cc2)c2c(sc(C)c2C)-n2c(C)nnc21. The number of thiophene rings is 1. The number of alkyl halides is 3. The molecular formula is C46H44F3N9O3S. The van der Waals surface area contributed by atoms with Crippen LogP contribution in [0.1, 0.15) is 113 Å². The number of aryl methyl sites for hydroxylation is 2. The molecule has 16 heteroatoms. The average Bonchev–Trinajstić information content (AvgIpc) is 3.70. The molecule has 9 rings (SSSR count). The Balaban J connectivity index is 0.740. The van der Waals surface area contributed by atoms with E-state index < -0.39 is 12.1 Å². The lowest BCUT2D eigenvalue weighted by molar-refractivity contribution is -0.274. The van der Waals surface area contributed by atoms with Crippen molar-refractivity contribution in [3.05, 3.63) is 105 Å². The monoisotopic (exact) mass is 859 g/mol. The summed E-state index contributed by atoms with van der Waals surface area (Å²) in [7, 11) is 0. The summed E-state index contributed by atoms with van der Waals surface area (Å²) in [6.07, 6.45) is 0.125. The second kappa shape index (κ2) is 16.2. The van der Waals surface area contributed by atoms with Crippen molar-refractivity contribution in [3.8, 4) is 34.4 Å². The topological polar surface area (TPSA) is 143 Å². The number of ether oxygens (including phenoxy) is 2. The van der Waals surface area contributed by atoms with E-state index in [1.807, 2.05) is 13.0 Å². The fourth-order valence-electron chi connectivity index (χ4n) is 9.10. The number of rotatable bonds is 8. The van der Waals surface area contributed by atoms with Gasteiger partial charge in [-0.05, 0) is 108 Å². The van der Waals surface area contributed by atoms with E-state index in [4.69, 9.17) is 15.0 Å². The number of nitrogens with zero attached hydrogens (tertiary/aromatic N) is 8. The van der Waals surface area contributed by atoms with Gasteiger partial charge in [0, 0.05) is 58.1 Å². The summed E-state index contributed by atoms with van der Waals surface area (Å²) in [4.78, 5) is 21.8. The predicted octanol–water partition coefficient (Wildman–Crippen LogP) is 8.50. The Bertz CT molecular complexity index is 2650. The Morgan fingerprint density at radius 3 is 2.42 bits per heavy atom. The lowest BCUT2D eigenvalue weighted by atomic mass is 9.58. The molecule has 3 fully saturated rings. The number of hydrogen-bond donors (Lipinski definition) is 1. The quantitative estimate of drug-likeness (QED) is 0.152. The molecule has 2 saturated carbocycles. The van der Waals surface area contributed by atoms with Crippen LogP contribution in [0, 0.1) is 55.3 Å². The van der Waals surface area contributed by atoms with Crippen molar-refractivity contribution in [2.24, 2.45) is 16.3 Å². The molecule has 5 aromatic rings. The third-order valence-corrected chi connectivity index (χ3v) is 13.6. The first-order valence-electron chi connectivity index (χ1n) is 20.9. The molecule has 1 amide bonds. The summed E-state index contributed by atoms with van der Waals surface area (Å²) in [5, 5.41) is 30.8. The van der Waals surface area contributed by atoms with Crippen molar-refractivity contribution >= 4 is 28.8 Å². The van der Waals surface area contributed by atoms with Crippen LogP contribution in [0.15, 0.2) is 59.6 Å². The van der Waals surface area contributed by atoms with Gasteiger partial charge in [0.15, 0.2) is 23.1 Å². The van der Waals surface area contributed by atoms with Gasteiger partial charge in [-0.15, -0.1) is 44.9 Å². The van der Waals surface area contributed by atoms with Gasteiger partial charge in [0.25, 0.3) is 5.91 Å². The molecule has 1 spiro atoms. The van der Waals surface area contributed by atoms with Crippen molar-refractivity contribution < 1.29 is 27.4 Å². The Kier molecular flexibility index (Phi) is 10.8. The van der Waals surface area contributed by atoms with E-state index in [0.29, 0.717) is 31.6 Å². The summed E-state index contributed by atoms with van der Waals surface area (Å²) in [6.45, 7) is 10.2. The number of halogens is 3. The molecule has 2 aliphatic carbocycles. The van der Waals surface area contributed by atoms with Crippen molar-refractivity contribution in [2.45, 2.75) is 97.2 Å². The van der Waals surface area contributed by atoms with E-state index in [2.05, 4.69) is 96.8 Å². The van der Waals surface area contributed by atoms with Crippen LogP contribution in [-0.4, -0.2) is 68.2 Å². The molecule has 12 nitrogen and oxygen atoms in total. The zero-order valence-corrected chi connectivity index (χ0v) is 35.5. The van der Waals surface area contributed by atoms with Gasteiger partial charge in [-0.3, -0.25) is 14.4 Å². The summed E-state index contributed by atoms with van der Waals surface area (Å²) >= 11 is 1.77. The van der Waals surface area contributed by atoms with Crippen LogP contribution >= 0.6 is 11.3 Å². The predicted molar refractivity (Wildman–Crippen MR) is 227 cm³/mol. The molecule has 3 aromatic heterocycles. The van der Waals surface area contributed by atoms with Crippen molar-refractivity contribution in [3.63, 3.8) is 0 Å². The van der Waals surface area contributed by atoms with E-state index in [1.54, 1.807) is 23.5 Å². The fourth-order valence-corrected chi connectivity index (χ4v) is 10.3. The van der Waals surface area contributed by atoms with E-state index >= 15 is 0 Å². The van der Waals surface area contributed by atoms with Crippen LogP contribution in [0.2, 0.25) is 0 Å². The standard InChI is InChI=1S/C46H44F3N9O3S/c1-5-36-42-56-53-28(4)58(42)44-40(26(2)27(3)62-44)41(52-36)31-10-8-29(9-11-31)6-7-30-21-45(22-30)24-57(25-45)39-19-18-37(54-55-39)43(59)51-33-13-16-34(17-14-33)60-35-15-12-32(23-50)38(20-35)61-46(47,48)49/h8-12,15,18-20,30,33-34,36H,5,13-14,16-17,21-22,24-25H2,1-4H3,(H,51,59)/t33?,34?,36-/m0/s1. The smallest absolute Gasteiger partial charge is 0.490 e. The number of benzene rings is 2. The molecule has 2 aromatic carbocycles. The van der Waals surface area contributed by atoms with Crippen LogP contribution in [-0.2, 0) is 0 Å². The Morgan fingerprint density at radius 1 is 0.984 bits per heavy atom. The maximum Gasteiger partial charge on any atom is 0.573 e. The van der Waals surface area contributed by atoms with Gasteiger partial charge in [0.1, 0.15) is 28.7 Å². The van der Waals surface area contributed by atoms with Crippen LogP contribution in [0.25, 0.3) is 5.00 Å². The first-order valence-corrected chi connectivity index (χ1v) is 21.7. The maximum absolute atomic E-state index is 13.0. The summed E-state index contributed by atoms with van der Waals surface area (Å²) < 4.78 is 50.5. The number of aliphatic imine (C=N–C) groups is 1. The molecule has 0 unspecified atom stereocenters. The number of nitrogens with one attached hydrogen (secondary N) is 1. The minimum absolute atomic E-state index is 0.0809. The van der Waals surface area contributed by atoms with Crippen LogP contribution in [0.3, 0.4) is 0 Å². The lowest BCUT2D eigenvalue weighted by Crippen LogP contribution is -2.62. The molecule has 1 N–H and O–H groups in total. The van der Waals surface area contributed by atoms with Crippen molar-refractivity contribution in [1.82, 2.24) is 30.3 Å². The van der Waals surface area contributed by atoms with Gasteiger partial charge >= 0.3 is 6.36 Å². The summed E-state index contributed by atoms with van der Waals surface area (Å²) in [5.41, 5.74) is 5.66. The molecule has 318 valence electrons. The number of anilines is 1. The number of aromatic nitrogens is 5. The van der Waals surface area contributed by atoms with E-state index in [9.17, 15) is 18.0 Å². The zero-order valence-electron chi connectivity index (χ0n) is 34.7. The molecule has 4 aliphatic rings. The van der Waals surface area contributed by atoms with Gasteiger partial charge in [-0.2, -0.15) is 5.26 Å². The number of amides is 1. The van der Waals surface area contributed by atoms with E-state index in [-0.39, 0.29) is 46.5 Å². The Labute approximate surface area is 361 Å². The van der Waals surface area contributed by atoms with Gasteiger partial charge in [0.2, 0.25) is 0 Å². The second-order valence-corrected chi connectivity index (χ2v) is 18.0. The molecule has 5 heterocycles. The van der Waals surface area contributed by atoms with Crippen LogP contribution in [0.4, 0.5) is 19.0 Å².